The summed E-state index contributed by atoms with van der Waals surface area (Å²) in [6.07, 6.45) is 8.38. The van der Waals surface area contributed by atoms with Crippen molar-refractivity contribution in [3.05, 3.63) is 18.0 Å². The molecule has 0 aliphatic heterocycles. The third-order valence-electron chi connectivity index (χ3n) is 4.30. The summed E-state index contributed by atoms with van der Waals surface area (Å²) in [6, 6.07) is 0.00801. The average Bonchev–Trinajstić information content (AvgIpc) is 2.81. The SMILES string of the molecule is CCOC1(C(NN)c2cnn(C)c2)CCC(C)CC1. The number of ether oxygens (including phenoxy) is 1. The van der Waals surface area contributed by atoms with Crippen molar-refractivity contribution in [2.75, 3.05) is 6.61 Å². The normalized spacial score (nSPS) is 29.4. The van der Waals surface area contributed by atoms with Crippen molar-refractivity contribution in [3.63, 3.8) is 0 Å². The summed E-state index contributed by atoms with van der Waals surface area (Å²) in [6.45, 7) is 5.08. The van der Waals surface area contributed by atoms with Crippen molar-refractivity contribution < 1.29 is 4.74 Å². The molecule has 19 heavy (non-hydrogen) atoms. The molecular weight excluding hydrogens is 240 g/mol. The van der Waals surface area contributed by atoms with Gasteiger partial charge in [0.2, 0.25) is 0 Å². The molecule has 1 aliphatic carbocycles. The van der Waals surface area contributed by atoms with Crippen molar-refractivity contribution in [2.24, 2.45) is 18.8 Å². The number of hydrazine groups is 1. The first-order valence-electron chi connectivity index (χ1n) is 7.20. The highest BCUT2D eigenvalue weighted by molar-refractivity contribution is 5.16. The molecule has 1 aromatic rings. The number of nitrogens with zero attached hydrogens (tertiary/aromatic N) is 2. The maximum Gasteiger partial charge on any atom is 0.0890 e. The van der Waals surface area contributed by atoms with E-state index in [-0.39, 0.29) is 11.6 Å². The van der Waals surface area contributed by atoms with Gasteiger partial charge in [-0.05, 0) is 38.5 Å². The van der Waals surface area contributed by atoms with E-state index in [1.54, 1.807) is 0 Å². The monoisotopic (exact) mass is 266 g/mol. The molecule has 1 saturated carbocycles. The van der Waals surface area contributed by atoms with Crippen molar-refractivity contribution in [3.8, 4) is 0 Å². The van der Waals surface area contributed by atoms with Gasteiger partial charge in [0, 0.05) is 25.4 Å². The molecule has 3 N–H and O–H groups in total. The topological polar surface area (TPSA) is 65.1 Å². The number of hydrogen-bond donors (Lipinski definition) is 2. The maximum atomic E-state index is 6.16. The lowest BCUT2D eigenvalue weighted by Gasteiger charge is -2.44. The average molecular weight is 266 g/mol. The predicted octanol–water partition coefficient (Wildman–Crippen LogP) is 1.91. The van der Waals surface area contributed by atoms with Crippen LogP contribution in [0.2, 0.25) is 0 Å². The van der Waals surface area contributed by atoms with Crippen LogP contribution in [0.5, 0.6) is 0 Å². The minimum Gasteiger partial charge on any atom is -0.373 e. The summed E-state index contributed by atoms with van der Waals surface area (Å²) < 4.78 is 7.97. The minimum atomic E-state index is -0.195. The van der Waals surface area contributed by atoms with E-state index in [9.17, 15) is 0 Å². The Labute approximate surface area is 115 Å². The minimum absolute atomic E-state index is 0.00801. The standard InChI is InChI=1S/C14H26N4O/c1-4-19-14(7-5-11(2)6-8-14)13(17-15)12-9-16-18(3)10-12/h9-11,13,17H,4-8,15H2,1-3H3. The zero-order valence-corrected chi connectivity index (χ0v) is 12.2. The second-order valence-corrected chi connectivity index (χ2v) is 5.73. The van der Waals surface area contributed by atoms with E-state index in [0.29, 0.717) is 6.61 Å². The van der Waals surface area contributed by atoms with Crippen molar-refractivity contribution in [1.29, 1.82) is 0 Å². The van der Waals surface area contributed by atoms with Crippen LogP contribution in [0.1, 0.15) is 51.1 Å². The van der Waals surface area contributed by atoms with Gasteiger partial charge in [0.15, 0.2) is 0 Å². The molecule has 108 valence electrons. The fraction of sp³-hybridized carbons (Fsp3) is 0.786. The molecule has 1 atom stereocenters. The summed E-state index contributed by atoms with van der Waals surface area (Å²) in [4.78, 5) is 0. The first kappa shape index (κ1) is 14.5. The first-order valence-corrected chi connectivity index (χ1v) is 7.20. The number of aromatic nitrogens is 2. The largest absolute Gasteiger partial charge is 0.373 e. The quantitative estimate of drug-likeness (QED) is 0.631. The summed E-state index contributed by atoms with van der Waals surface area (Å²) in [5, 5.41) is 4.25. The number of nitrogens with two attached hydrogens (primary N) is 1. The first-order chi connectivity index (χ1) is 9.11. The van der Waals surface area contributed by atoms with Crippen LogP contribution in [0.3, 0.4) is 0 Å². The molecule has 1 unspecified atom stereocenters. The van der Waals surface area contributed by atoms with Crippen LogP contribution in [-0.2, 0) is 11.8 Å². The zero-order valence-electron chi connectivity index (χ0n) is 12.2. The fourth-order valence-corrected chi connectivity index (χ4v) is 3.20. The van der Waals surface area contributed by atoms with E-state index in [4.69, 9.17) is 10.6 Å². The number of hydrogen-bond acceptors (Lipinski definition) is 4. The highest BCUT2D eigenvalue weighted by atomic mass is 16.5. The molecule has 5 heteroatoms. The predicted molar refractivity (Wildman–Crippen MR) is 75.3 cm³/mol. The van der Waals surface area contributed by atoms with Gasteiger partial charge in [-0.1, -0.05) is 6.92 Å². The Bertz CT molecular complexity index is 396. The van der Waals surface area contributed by atoms with Crippen LogP contribution < -0.4 is 11.3 Å². The van der Waals surface area contributed by atoms with Gasteiger partial charge in [0.1, 0.15) is 0 Å². The van der Waals surface area contributed by atoms with Crippen LogP contribution >= 0.6 is 0 Å². The third-order valence-corrected chi connectivity index (χ3v) is 4.30. The molecule has 2 rings (SSSR count). The number of rotatable bonds is 5. The number of nitrogens with one attached hydrogen (secondary N) is 1. The molecule has 1 fully saturated rings. The summed E-state index contributed by atoms with van der Waals surface area (Å²) in [7, 11) is 1.92. The van der Waals surface area contributed by atoms with Gasteiger partial charge in [-0.25, -0.2) is 5.43 Å². The molecule has 0 aromatic carbocycles. The van der Waals surface area contributed by atoms with Crippen molar-refractivity contribution >= 4 is 0 Å². The van der Waals surface area contributed by atoms with E-state index >= 15 is 0 Å². The van der Waals surface area contributed by atoms with Gasteiger partial charge in [-0.15, -0.1) is 0 Å². The lowest BCUT2D eigenvalue weighted by Crippen LogP contribution is -2.50. The maximum absolute atomic E-state index is 6.16. The molecule has 0 bridgehead atoms. The van der Waals surface area contributed by atoms with Crippen molar-refractivity contribution in [1.82, 2.24) is 15.2 Å². The molecule has 0 saturated heterocycles. The van der Waals surface area contributed by atoms with E-state index in [0.717, 1.165) is 24.3 Å². The Morgan fingerprint density at radius 3 is 2.74 bits per heavy atom. The van der Waals surface area contributed by atoms with Gasteiger partial charge in [0.25, 0.3) is 0 Å². The van der Waals surface area contributed by atoms with Gasteiger partial charge in [-0.3, -0.25) is 10.5 Å². The molecule has 5 nitrogen and oxygen atoms in total. The smallest absolute Gasteiger partial charge is 0.0890 e. The summed E-state index contributed by atoms with van der Waals surface area (Å²) >= 11 is 0. The number of aryl methyl sites for hydroxylation is 1. The van der Waals surface area contributed by atoms with Crippen LogP contribution in [0, 0.1) is 5.92 Å². The molecule has 1 aliphatic rings. The highest BCUT2D eigenvalue weighted by Crippen LogP contribution is 2.42. The Kier molecular flexibility index (Phi) is 4.60. The fourth-order valence-electron chi connectivity index (χ4n) is 3.20. The van der Waals surface area contributed by atoms with E-state index in [2.05, 4.69) is 24.4 Å². The Morgan fingerprint density at radius 2 is 2.26 bits per heavy atom. The molecule has 1 aromatic heterocycles. The molecule has 0 radical (unpaired) electrons. The molecule has 0 amide bonds. The van der Waals surface area contributed by atoms with E-state index in [1.807, 2.05) is 24.1 Å². The van der Waals surface area contributed by atoms with Crippen molar-refractivity contribution in [2.45, 2.75) is 51.2 Å². The zero-order chi connectivity index (χ0) is 13.9. The molecule has 0 spiro atoms. The van der Waals surface area contributed by atoms with Crippen LogP contribution in [0.25, 0.3) is 0 Å². The third kappa shape index (κ3) is 2.99. The van der Waals surface area contributed by atoms with Gasteiger partial charge >= 0.3 is 0 Å². The Morgan fingerprint density at radius 1 is 1.58 bits per heavy atom. The van der Waals surface area contributed by atoms with E-state index < -0.39 is 0 Å². The molecule has 1 heterocycles. The lowest BCUT2D eigenvalue weighted by atomic mass is 9.74. The summed E-state index contributed by atoms with van der Waals surface area (Å²) in [5.41, 5.74) is 3.87. The lowest BCUT2D eigenvalue weighted by molar-refractivity contribution is -0.0977. The van der Waals surface area contributed by atoms with Gasteiger partial charge in [0.05, 0.1) is 17.8 Å². The second kappa shape index (κ2) is 6.03. The van der Waals surface area contributed by atoms with Crippen LogP contribution in [0.4, 0.5) is 0 Å². The summed E-state index contributed by atoms with van der Waals surface area (Å²) in [5.74, 6) is 6.61. The van der Waals surface area contributed by atoms with Crippen LogP contribution in [-0.4, -0.2) is 22.0 Å². The van der Waals surface area contributed by atoms with Gasteiger partial charge in [-0.2, -0.15) is 5.10 Å². The second-order valence-electron chi connectivity index (χ2n) is 5.73. The van der Waals surface area contributed by atoms with Crippen LogP contribution in [0.15, 0.2) is 12.4 Å². The Balaban J connectivity index is 2.25. The highest BCUT2D eigenvalue weighted by Gasteiger charge is 2.42. The molecular formula is C14H26N4O. The van der Waals surface area contributed by atoms with E-state index in [1.165, 1.54) is 12.8 Å². The van der Waals surface area contributed by atoms with Gasteiger partial charge < -0.3 is 4.74 Å². The Hall–Kier alpha value is -0.910.